The minimum atomic E-state index is -1.10. The summed E-state index contributed by atoms with van der Waals surface area (Å²) in [6.45, 7) is 4.31. The van der Waals surface area contributed by atoms with Crippen molar-refractivity contribution in [2.75, 3.05) is 6.54 Å². The van der Waals surface area contributed by atoms with Crippen LogP contribution in [0, 0.1) is 18.2 Å². The van der Waals surface area contributed by atoms with Crippen LogP contribution in [0.4, 0.5) is 13.6 Å². The second-order valence-electron chi connectivity index (χ2n) is 9.35. The number of aromatic nitrogens is 2. The SMILES string of the molecule is Cc1cc(-c2nn3c(c2C(N)=O)CN(C(=O)NC2CC4(C2)CC4(C)F)CC3)ccc1F. The normalized spacial score (nSPS) is 28.8. The topological polar surface area (TPSA) is 93.2 Å². The molecule has 2 aromatic rings. The molecule has 7 nitrogen and oxygen atoms in total. The zero-order valence-electron chi connectivity index (χ0n) is 17.5. The van der Waals surface area contributed by atoms with E-state index in [9.17, 15) is 18.4 Å². The molecule has 9 heteroatoms. The van der Waals surface area contributed by atoms with Crippen LogP contribution >= 0.6 is 0 Å². The summed E-state index contributed by atoms with van der Waals surface area (Å²) >= 11 is 0. The van der Waals surface area contributed by atoms with Crippen molar-refractivity contribution >= 4 is 11.9 Å². The Balaban J connectivity index is 1.34. The highest BCUT2D eigenvalue weighted by Crippen LogP contribution is 2.69. The van der Waals surface area contributed by atoms with Gasteiger partial charge in [0.15, 0.2) is 0 Å². The zero-order chi connectivity index (χ0) is 22.1. The molecular weight excluding hydrogens is 404 g/mol. The van der Waals surface area contributed by atoms with Gasteiger partial charge >= 0.3 is 6.03 Å². The number of alkyl halides is 1. The van der Waals surface area contributed by atoms with Crippen molar-refractivity contribution in [3.63, 3.8) is 0 Å². The molecule has 1 aliphatic heterocycles. The van der Waals surface area contributed by atoms with E-state index in [2.05, 4.69) is 10.4 Å². The Morgan fingerprint density at radius 3 is 2.61 bits per heavy atom. The van der Waals surface area contributed by atoms with Gasteiger partial charge in [-0.15, -0.1) is 0 Å². The molecule has 1 aromatic carbocycles. The molecule has 31 heavy (non-hydrogen) atoms. The maximum absolute atomic E-state index is 14.0. The molecule has 164 valence electrons. The van der Waals surface area contributed by atoms with Gasteiger partial charge in [-0.05, 0) is 56.9 Å². The van der Waals surface area contributed by atoms with E-state index in [0.29, 0.717) is 54.9 Å². The number of carbonyl (C=O) groups excluding carboxylic acids is 2. The third-order valence-electron chi connectivity index (χ3n) is 7.20. The van der Waals surface area contributed by atoms with Gasteiger partial charge in [-0.1, -0.05) is 0 Å². The molecule has 0 saturated heterocycles. The monoisotopic (exact) mass is 429 g/mol. The Labute approximate surface area is 178 Å². The molecule has 1 spiro atoms. The Morgan fingerprint density at radius 1 is 1.29 bits per heavy atom. The Bertz CT molecular complexity index is 1100. The van der Waals surface area contributed by atoms with Crippen LogP contribution in [-0.2, 0) is 13.1 Å². The number of urea groups is 1. The lowest BCUT2D eigenvalue weighted by Crippen LogP contribution is -2.53. The minimum Gasteiger partial charge on any atom is -0.365 e. The fraction of sp³-hybridized carbons (Fsp3) is 0.500. The van der Waals surface area contributed by atoms with Crippen LogP contribution in [0.2, 0.25) is 0 Å². The molecule has 0 bridgehead atoms. The number of fused-ring (bicyclic) bond motifs is 1. The van der Waals surface area contributed by atoms with Crippen LogP contribution in [0.3, 0.4) is 0 Å². The van der Waals surface area contributed by atoms with Gasteiger partial charge in [0.25, 0.3) is 5.91 Å². The highest BCUT2D eigenvalue weighted by atomic mass is 19.1. The van der Waals surface area contributed by atoms with Gasteiger partial charge in [0, 0.05) is 23.6 Å². The predicted molar refractivity (Wildman–Crippen MR) is 109 cm³/mol. The van der Waals surface area contributed by atoms with Crippen LogP contribution in [0.5, 0.6) is 0 Å². The van der Waals surface area contributed by atoms with E-state index < -0.39 is 11.6 Å². The predicted octanol–water partition coefficient (Wildman–Crippen LogP) is 2.90. The minimum absolute atomic E-state index is 0.0229. The van der Waals surface area contributed by atoms with Gasteiger partial charge in [-0.3, -0.25) is 9.48 Å². The molecule has 1 unspecified atom stereocenters. The van der Waals surface area contributed by atoms with Crippen molar-refractivity contribution < 1.29 is 18.4 Å². The lowest BCUT2D eigenvalue weighted by Gasteiger charge is -2.39. The van der Waals surface area contributed by atoms with Crippen LogP contribution in [0.25, 0.3) is 11.3 Å². The first-order valence-electron chi connectivity index (χ1n) is 10.5. The zero-order valence-corrected chi connectivity index (χ0v) is 17.5. The first kappa shape index (κ1) is 20.0. The lowest BCUT2D eigenvalue weighted by molar-refractivity contribution is 0.0995. The van der Waals surface area contributed by atoms with Crippen molar-refractivity contribution in [2.24, 2.45) is 11.1 Å². The van der Waals surface area contributed by atoms with Gasteiger partial charge in [0.2, 0.25) is 0 Å². The number of hydrogen-bond acceptors (Lipinski definition) is 3. The number of carbonyl (C=O) groups is 2. The molecule has 2 heterocycles. The molecule has 2 aliphatic carbocycles. The van der Waals surface area contributed by atoms with Crippen molar-refractivity contribution in [1.29, 1.82) is 0 Å². The van der Waals surface area contributed by atoms with Crippen molar-refractivity contribution in [3.8, 4) is 11.3 Å². The van der Waals surface area contributed by atoms with E-state index >= 15 is 0 Å². The van der Waals surface area contributed by atoms with Gasteiger partial charge in [0.05, 0.1) is 24.3 Å². The summed E-state index contributed by atoms with van der Waals surface area (Å²) in [4.78, 5) is 26.7. The van der Waals surface area contributed by atoms with E-state index in [1.807, 2.05) is 0 Å². The van der Waals surface area contributed by atoms with Crippen molar-refractivity contribution in [1.82, 2.24) is 20.0 Å². The summed E-state index contributed by atoms with van der Waals surface area (Å²) < 4.78 is 29.4. The molecule has 3 aliphatic rings. The fourth-order valence-corrected chi connectivity index (χ4v) is 5.16. The summed E-state index contributed by atoms with van der Waals surface area (Å²) in [7, 11) is 0. The second-order valence-corrected chi connectivity index (χ2v) is 9.35. The average Bonchev–Trinajstić information content (AvgIpc) is 3.06. The highest BCUT2D eigenvalue weighted by molar-refractivity contribution is 6.00. The van der Waals surface area contributed by atoms with E-state index in [1.54, 1.807) is 35.6 Å². The first-order chi connectivity index (χ1) is 14.6. The summed E-state index contributed by atoms with van der Waals surface area (Å²) in [5.41, 5.74) is 6.57. The molecule has 0 radical (unpaired) electrons. The number of hydrogen-bond donors (Lipinski definition) is 2. The molecular formula is C22H25F2N5O2. The average molecular weight is 429 g/mol. The number of halogens is 2. The largest absolute Gasteiger partial charge is 0.365 e. The van der Waals surface area contributed by atoms with Crippen LogP contribution in [0.1, 0.15) is 47.8 Å². The van der Waals surface area contributed by atoms with Gasteiger partial charge in [-0.25, -0.2) is 13.6 Å². The quantitative estimate of drug-likeness (QED) is 0.786. The van der Waals surface area contributed by atoms with E-state index in [0.717, 1.165) is 0 Å². The number of nitrogens with two attached hydrogens (primary N) is 1. The molecule has 2 saturated carbocycles. The molecule has 1 atom stereocenters. The molecule has 1 aromatic heterocycles. The molecule has 2 fully saturated rings. The number of nitrogens with zero attached hydrogens (tertiary/aromatic N) is 3. The number of nitrogens with one attached hydrogen (secondary N) is 1. The van der Waals surface area contributed by atoms with Gasteiger partial charge in [-0.2, -0.15) is 5.10 Å². The van der Waals surface area contributed by atoms with Gasteiger partial charge in [0.1, 0.15) is 17.2 Å². The van der Waals surface area contributed by atoms with E-state index in [-0.39, 0.29) is 35.4 Å². The van der Waals surface area contributed by atoms with E-state index in [1.165, 1.54) is 6.07 Å². The van der Waals surface area contributed by atoms with Crippen LogP contribution in [0.15, 0.2) is 18.2 Å². The molecule has 3 amide bonds. The highest BCUT2D eigenvalue weighted by Gasteiger charge is 2.71. The lowest BCUT2D eigenvalue weighted by atomic mass is 9.75. The summed E-state index contributed by atoms with van der Waals surface area (Å²) in [5, 5.41) is 7.52. The summed E-state index contributed by atoms with van der Waals surface area (Å²) in [5.74, 6) is -0.981. The summed E-state index contributed by atoms with van der Waals surface area (Å²) in [6.07, 6.45) is 1.90. The molecule has 5 rings (SSSR count). The van der Waals surface area contributed by atoms with Gasteiger partial charge < -0.3 is 16.0 Å². The number of primary amides is 1. The maximum atomic E-state index is 14.0. The second kappa shape index (κ2) is 6.51. The van der Waals surface area contributed by atoms with Crippen molar-refractivity contribution in [2.45, 2.75) is 57.9 Å². The van der Waals surface area contributed by atoms with Crippen LogP contribution in [-0.4, -0.2) is 44.9 Å². The smallest absolute Gasteiger partial charge is 0.318 e. The van der Waals surface area contributed by atoms with Crippen LogP contribution < -0.4 is 11.1 Å². The fourth-order valence-electron chi connectivity index (χ4n) is 5.16. The summed E-state index contributed by atoms with van der Waals surface area (Å²) in [6, 6.07) is 4.27. The molecule has 3 N–H and O–H groups in total. The maximum Gasteiger partial charge on any atom is 0.318 e. The number of rotatable bonds is 3. The Hall–Kier alpha value is -2.97. The third-order valence-corrected chi connectivity index (χ3v) is 7.20. The standard InChI is InChI=1S/C22H25F2N5O2/c1-12-7-13(3-4-15(12)23)18-17(19(25)30)16-10-28(5-6-29(16)27-18)20(31)26-14-8-22(9-14)11-21(22,2)24/h3-4,7,14H,5-6,8-11H2,1-2H3,(H2,25,30)(H,26,31). The Morgan fingerprint density at radius 2 is 2.00 bits per heavy atom. The van der Waals surface area contributed by atoms with Crippen molar-refractivity contribution in [3.05, 3.63) is 40.8 Å². The number of aryl methyl sites for hydroxylation is 1. The number of benzene rings is 1. The first-order valence-corrected chi connectivity index (χ1v) is 10.5. The number of amides is 3. The third kappa shape index (κ3) is 3.09. The van der Waals surface area contributed by atoms with E-state index in [4.69, 9.17) is 5.73 Å². The Kier molecular flexibility index (Phi) is 4.19.